The number of carbonyl (C=O) groups is 1. The Kier molecular flexibility index (Phi) is 6.78. The first-order valence-electron chi connectivity index (χ1n) is 10.6. The average Bonchev–Trinajstić information content (AvgIpc) is 3.24. The predicted molar refractivity (Wildman–Crippen MR) is 120 cm³/mol. The first kappa shape index (κ1) is 20.9. The van der Waals surface area contributed by atoms with Crippen LogP contribution in [-0.4, -0.2) is 40.6 Å². The first-order chi connectivity index (χ1) is 15.2. The summed E-state index contributed by atoms with van der Waals surface area (Å²) in [5.41, 5.74) is 9.39. The van der Waals surface area contributed by atoms with E-state index in [1.54, 1.807) is 12.4 Å². The van der Waals surface area contributed by atoms with Gasteiger partial charge in [0.15, 0.2) is 5.95 Å². The molecule has 8 nitrogen and oxygen atoms in total. The second-order valence-corrected chi connectivity index (χ2v) is 7.82. The highest BCUT2D eigenvalue weighted by Gasteiger charge is 2.13. The van der Waals surface area contributed by atoms with Gasteiger partial charge in [-0.05, 0) is 41.5 Å². The van der Waals surface area contributed by atoms with Crippen molar-refractivity contribution < 1.29 is 9.53 Å². The second kappa shape index (κ2) is 10.1. The van der Waals surface area contributed by atoms with Crippen LogP contribution in [0.2, 0.25) is 0 Å². The molecule has 31 heavy (non-hydrogen) atoms. The summed E-state index contributed by atoms with van der Waals surface area (Å²) in [6, 6.07) is 11.8. The zero-order chi connectivity index (χ0) is 21.5. The van der Waals surface area contributed by atoms with E-state index >= 15 is 0 Å². The number of nitrogens with one attached hydrogen (secondary N) is 3. The van der Waals surface area contributed by atoms with Crippen LogP contribution in [0.5, 0.6) is 0 Å². The standard InChI is InChI=1S/C23H28N6O2/c24-23-28-15-20(29-23)19-4-1-16(2-5-19)13-27-22(30)11-18-3-6-21(26-14-18)25-12-17-7-9-31-10-8-17/h1-6,14-15,17H,7-13H2,(H,25,26)(H,27,30)(H3,24,28,29). The van der Waals surface area contributed by atoms with E-state index < -0.39 is 0 Å². The Labute approximate surface area is 181 Å². The Bertz CT molecular complexity index is 978. The Hall–Kier alpha value is -3.39. The van der Waals surface area contributed by atoms with Gasteiger partial charge in [-0.25, -0.2) is 9.97 Å². The highest BCUT2D eigenvalue weighted by molar-refractivity contribution is 5.78. The van der Waals surface area contributed by atoms with Crippen LogP contribution in [-0.2, 0) is 22.5 Å². The van der Waals surface area contributed by atoms with Gasteiger partial charge in [0.2, 0.25) is 5.91 Å². The van der Waals surface area contributed by atoms with E-state index in [4.69, 9.17) is 10.5 Å². The number of benzene rings is 1. The molecule has 1 aliphatic rings. The molecule has 2 aromatic heterocycles. The summed E-state index contributed by atoms with van der Waals surface area (Å²) in [7, 11) is 0. The van der Waals surface area contributed by atoms with Crippen LogP contribution in [0.15, 0.2) is 48.8 Å². The Morgan fingerprint density at radius 2 is 1.84 bits per heavy atom. The van der Waals surface area contributed by atoms with Crippen LogP contribution >= 0.6 is 0 Å². The van der Waals surface area contributed by atoms with Gasteiger partial charge >= 0.3 is 0 Å². The van der Waals surface area contributed by atoms with Crippen molar-refractivity contribution in [1.82, 2.24) is 20.3 Å². The van der Waals surface area contributed by atoms with Crippen molar-refractivity contribution in [3.63, 3.8) is 0 Å². The number of aromatic nitrogens is 3. The highest BCUT2D eigenvalue weighted by Crippen LogP contribution is 2.18. The molecule has 1 fully saturated rings. The number of anilines is 2. The number of nitrogens with two attached hydrogens (primary N) is 1. The summed E-state index contributed by atoms with van der Waals surface area (Å²) >= 11 is 0. The van der Waals surface area contributed by atoms with Crippen LogP contribution in [0.25, 0.3) is 11.3 Å². The van der Waals surface area contributed by atoms with Gasteiger partial charge in [0, 0.05) is 32.5 Å². The number of amides is 1. The number of carbonyl (C=O) groups excluding carboxylic acids is 1. The molecule has 1 amide bonds. The lowest BCUT2D eigenvalue weighted by Crippen LogP contribution is -2.24. The molecule has 0 bridgehead atoms. The fourth-order valence-electron chi connectivity index (χ4n) is 3.57. The zero-order valence-corrected chi connectivity index (χ0v) is 17.4. The molecular weight excluding hydrogens is 392 g/mol. The van der Waals surface area contributed by atoms with Crippen molar-refractivity contribution in [2.24, 2.45) is 5.92 Å². The average molecular weight is 421 g/mol. The number of nitrogen functional groups attached to an aromatic ring is 1. The summed E-state index contributed by atoms with van der Waals surface area (Å²) in [4.78, 5) is 23.7. The van der Waals surface area contributed by atoms with E-state index in [2.05, 4.69) is 25.6 Å². The minimum absolute atomic E-state index is 0.0323. The van der Waals surface area contributed by atoms with Gasteiger partial charge in [-0.15, -0.1) is 0 Å². The topological polar surface area (TPSA) is 118 Å². The number of imidazole rings is 1. The van der Waals surface area contributed by atoms with Gasteiger partial charge in [-0.2, -0.15) is 0 Å². The van der Waals surface area contributed by atoms with Crippen molar-refractivity contribution in [3.05, 3.63) is 59.9 Å². The van der Waals surface area contributed by atoms with Crippen molar-refractivity contribution in [3.8, 4) is 11.3 Å². The molecule has 0 spiro atoms. The van der Waals surface area contributed by atoms with Gasteiger partial charge in [0.1, 0.15) is 5.82 Å². The Balaban J connectivity index is 1.21. The first-order valence-corrected chi connectivity index (χ1v) is 10.6. The number of H-pyrrole nitrogens is 1. The van der Waals surface area contributed by atoms with Crippen molar-refractivity contribution in [1.29, 1.82) is 0 Å². The van der Waals surface area contributed by atoms with Crippen molar-refractivity contribution >= 4 is 17.7 Å². The van der Waals surface area contributed by atoms with E-state index in [1.807, 2.05) is 36.4 Å². The van der Waals surface area contributed by atoms with Crippen molar-refractivity contribution in [2.45, 2.75) is 25.8 Å². The normalized spacial score (nSPS) is 14.3. The van der Waals surface area contributed by atoms with Crippen LogP contribution in [0, 0.1) is 5.92 Å². The molecule has 162 valence electrons. The Morgan fingerprint density at radius 1 is 1.06 bits per heavy atom. The summed E-state index contributed by atoms with van der Waals surface area (Å²) in [5, 5.41) is 6.34. The smallest absolute Gasteiger partial charge is 0.224 e. The lowest BCUT2D eigenvalue weighted by atomic mass is 10.0. The second-order valence-electron chi connectivity index (χ2n) is 7.82. The summed E-state index contributed by atoms with van der Waals surface area (Å²) in [6.45, 7) is 3.07. The molecule has 0 aliphatic carbocycles. The molecule has 4 rings (SSSR count). The van der Waals surface area contributed by atoms with Crippen LogP contribution < -0.4 is 16.4 Å². The Morgan fingerprint density at radius 3 is 2.52 bits per heavy atom. The molecule has 3 heterocycles. The molecule has 5 N–H and O–H groups in total. The molecule has 0 radical (unpaired) electrons. The van der Waals surface area contributed by atoms with Gasteiger partial charge in [0.25, 0.3) is 0 Å². The molecular formula is C23H28N6O2. The van der Waals surface area contributed by atoms with Crippen LogP contribution in [0.1, 0.15) is 24.0 Å². The third-order valence-electron chi connectivity index (χ3n) is 5.45. The molecule has 1 aliphatic heterocycles. The van der Waals surface area contributed by atoms with E-state index in [9.17, 15) is 4.79 Å². The van der Waals surface area contributed by atoms with Gasteiger partial charge < -0.3 is 26.1 Å². The summed E-state index contributed by atoms with van der Waals surface area (Å²) < 4.78 is 5.39. The highest BCUT2D eigenvalue weighted by atomic mass is 16.5. The number of pyridine rings is 1. The number of rotatable bonds is 8. The third kappa shape index (κ3) is 6.05. The summed E-state index contributed by atoms with van der Waals surface area (Å²) in [6.07, 6.45) is 5.94. The largest absolute Gasteiger partial charge is 0.381 e. The maximum Gasteiger partial charge on any atom is 0.224 e. The van der Waals surface area contributed by atoms with E-state index in [1.165, 1.54) is 0 Å². The molecule has 0 atom stereocenters. The maximum atomic E-state index is 12.3. The van der Waals surface area contributed by atoms with Gasteiger partial charge in [-0.3, -0.25) is 4.79 Å². The lowest BCUT2D eigenvalue weighted by Gasteiger charge is -2.22. The molecule has 1 aromatic carbocycles. The predicted octanol–water partition coefficient (Wildman–Crippen LogP) is 2.75. The SMILES string of the molecule is Nc1ncc(-c2ccc(CNC(=O)Cc3ccc(NCC4CCOCC4)nc3)cc2)[nH]1. The number of aromatic amines is 1. The molecule has 0 unspecified atom stereocenters. The quantitative estimate of drug-likeness (QED) is 0.445. The monoisotopic (exact) mass is 420 g/mol. The maximum absolute atomic E-state index is 12.3. The van der Waals surface area contributed by atoms with E-state index in [-0.39, 0.29) is 5.91 Å². The van der Waals surface area contributed by atoms with Crippen LogP contribution in [0.3, 0.4) is 0 Å². The number of hydrogen-bond donors (Lipinski definition) is 4. The van der Waals surface area contributed by atoms with Crippen molar-refractivity contribution in [2.75, 3.05) is 30.8 Å². The fraction of sp³-hybridized carbons (Fsp3) is 0.348. The fourth-order valence-corrected chi connectivity index (χ4v) is 3.57. The number of hydrogen-bond acceptors (Lipinski definition) is 6. The zero-order valence-electron chi connectivity index (χ0n) is 17.4. The molecule has 8 heteroatoms. The number of nitrogens with zero attached hydrogens (tertiary/aromatic N) is 2. The van der Waals surface area contributed by atoms with Crippen LogP contribution in [0.4, 0.5) is 11.8 Å². The molecule has 0 saturated carbocycles. The minimum atomic E-state index is -0.0323. The molecule has 3 aromatic rings. The summed E-state index contributed by atoms with van der Waals surface area (Å²) in [5.74, 6) is 1.83. The van der Waals surface area contributed by atoms with Gasteiger partial charge in [0.05, 0.1) is 18.3 Å². The van der Waals surface area contributed by atoms with Gasteiger partial charge in [-0.1, -0.05) is 30.3 Å². The lowest BCUT2D eigenvalue weighted by molar-refractivity contribution is -0.120. The molecule has 1 saturated heterocycles. The number of ether oxygens (including phenoxy) is 1. The minimum Gasteiger partial charge on any atom is -0.381 e. The van der Waals surface area contributed by atoms with E-state index in [0.717, 1.165) is 60.8 Å². The van der Waals surface area contributed by atoms with E-state index in [0.29, 0.717) is 24.8 Å². The third-order valence-corrected chi connectivity index (χ3v) is 5.45.